The highest BCUT2D eigenvalue weighted by Crippen LogP contribution is 2.39. The van der Waals surface area contributed by atoms with E-state index in [1.807, 2.05) is 91.0 Å². The van der Waals surface area contributed by atoms with Gasteiger partial charge in [0, 0.05) is 38.4 Å². The quantitative estimate of drug-likeness (QED) is 0.152. The van der Waals surface area contributed by atoms with Crippen molar-refractivity contribution in [3.63, 3.8) is 0 Å². The molecule has 212 valence electrons. The first-order valence-corrected chi connectivity index (χ1v) is 14.9. The van der Waals surface area contributed by atoms with Crippen molar-refractivity contribution in [2.45, 2.75) is 0 Å². The number of fused-ring (bicyclic) bond motifs is 5. The number of para-hydroxylation sites is 1. The number of rotatable bonds is 4. The molecule has 0 unspecified atom stereocenters. The van der Waals surface area contributed by atoms with Gasteiger partial charge in [0.2, 0.25) is 0 Å². The highest BCUT2D eigenvalue weighted by atomic mass is 14.8. The molecule has 0 aliphatic rings. The van der Waals surface area contributed by atoms with Gasteiger partial charge in [-0.15, -0.1) is 0 Å². The molecule has 2 heterocycles. The summed E-state index contributed by atoms with van der Waals surface area (Å²) in [5.74, 6) is 0. The minimum absolute atomic E-state index is 0.433. The van der Waals surface area contributed by atoms with Crippen LogP contribution >= 0.6 is 0 Å². The van der Waals surface area contributed by atoms with Crippen molar-refractivity contribution >= 4 is 38.4 Å². The number of pyridine rings is 1. The summed E-state index contributed by atoms with van der Waals surface area (Å²) < 4.78 is 0. The standard InChI is InChI=1S/C41H23N5/c1-43-32-22-26(25-42)21-31(24-32)29-15-10-16-30(23-29)38-34-19-20-36-41(37(34)33-17-8-9-18-35(33)44-38)46-40(28-13-6-3-7-14-28)39(45-36)27-11-4-2-5-12-27/h2-24H. The Labute approximate surface area is 265 Å². The normalized spacial score (nSPS) is 11.0. The summed E-state index contributed by atoms with van der Waals surface area (Å²) >= 11 is 0. The zero-order chi connectivity index (χ0) is 31.0. The summed E-state index contributed by atoms with van der Waals surface area (Å²) in [7, 11) is 0. The Morgan fingerprint density at radius 1 is 0.500 bits per heavy atom. The highest BCUT2D eigenvalue weighted by molar-refractivity contribution is 6.21. The number of hydrogen-bond acceptors (Lipinski definition) is 4. The second-order valence-electron chi connectivity index (χ2n) is 11.1. The van der Waals surface area contributed by atoms with E-state index in [2.05, 4.69) is 53.4 Å². The van der Waals surface area contributed by atoms with Gasteiger partial charge in [-0.25, -0.2) is 19.8 Å². The molecule has 0 aliphatic heterocycles. The van der Waals surface area contributed by atoms with Gasteiger partial charge in [-0.05, 0) is 53.6 Å². The molecule has 0 spiro atoms. The molecule has 0 bridgehead atoms. The van der Waals surface area contributed by atoms with Crippen LogP contribution in [-0.2, 0) is 0 Å². The van der Waals surface area contributed by atoms with Crippen molar-refractivity contribution in [3.8, 4) is 51.0 Å². The minimum atomic E-state index is 0.433. The lowest BCUT2D eigenvalue weighted by molar-refractivity contribution is 1.30. The van der Waals surface area contributed by atoms with Gasteiger partial charge in [0.15, 0.2) is 5.69 Å². The van der Waals surface area contributed by atoms with E-state index in [0.29, 0.717) is 11.3 Å². The Kier molecular flexibility index (Phi) is 6.49. The summed E-state index contributed by atoms with van der Waals surface area (Å²) in [6.45, 7) is 7.51. The highest BCUT2D eigenvalue weighted by Gasteiger charge is 2.19. The van der Waals surface area contributed by atoms with Crippen LogP contribution in [0.2, 0.25) is 0 Å². The van der Waals surface area contributed by atoms with Crippen LogP contribution in [0.15, 0.2) is 140 Å². The van der Waals surface area contributed by atoms with Crippen LogP contribution < -0.4 is 0 Å². The van der Waals surface area contributed by atoms with Crippen molar-refractivity contribution in [2.24, 2.45) is 0 Å². The summed E-state index contributed by atoms with van der Waals surface area (Å²) in [6.07, 6.45) is 0. The molecule has 0 fully saturated rings. The Morgan fingerprint density at radius 2 is 1.15 bits per heavy atom. The summed E-state index contributed by atoms with van der Waals surface area (Å²) in [6, 6.07) is 48.2. The fourth-order valence-corrected chi connectivity index (χ4v) is 6.12. The van der Waals surface area contributed by atoms with Crippen LogP contribution in [0.3, 0.4) is 0 Å². The molecule has 8 aromatic rings. The molecule has 8 rings (SSSR count). The maximum atomic E-state index is 9.57. The first kappa shape index (κ1) is 26.9. The van der Waals surface area contributed by atoms with Crippen molar-refractivity contribution < 1.29 is 0 Å². The van der Waals surface area contributed by atoms with E-state index in [4.69, 9.17) is 21.5 Å². The maximum absolute atomic E-state index is 9.57. The number of nitriles is 1. The molecule has 2 aromatic heterocycles. The van der Waals surface area contributed by atoms with E-state index < -0.39 is 0 Å². The third-order valence-corrected chi connectivity index (χ3v) is 8.24. The summed E-state index contributed by atoms with van der Waals surface area (Å²) in [5.41, 5.74) is 10.5. The molecule has 0 radical (unpaired) electrons. The largest absolute Gasteiger partial charge is 0.247 e. The molecule has 0 aliphatic carbocycles. The summed E-state index contributed by atoms with van der Waals surface area (Å²) in [5, 5.41) is 12.5. The fraction of sp³-hybridized carbons (Fsp3) is 0. The zero-order valence-corrected chi connectivity index (χ0v) is 24.5. The monoisotopic (exact) mass is 585 g/mol. The minimum Gasteiger partial charge on any atom is -0.247 e. The van der Waals surface area contributed by atoms with Crippen molar-refractivity contribution in [1.29, 1.82) is 5.26 Å². The second-order valence-corrected chi connectivity index (χ2v) is 11.1. The first-order chi connectivity index (χ1) is 22.7. The third-order valence-electron chi connectivity index (χ3n) is 8.24. The first-order valence-electron chi connectivity index (χ1n) is 14.9. The van der Waals surface area contributed by atoms with Gasteiger partial charge < -0.3 is 0 Å². The van der Waals surface area contributed by atoms with E-state index in [0.717, 1.165) is 77.6 Å². The number of hydrogen-bond donors (Lipinski definition) is 0. The van der Waals surface area contributed by atoms with Crippen LogP contribution in [0.5, 0.6) is 0 Å². The molecule has 46 heavy (non-hydrogen) atoms. The lowest BCUT2D eigenvalue weighted by Gasteiger charge is -2.15. The van der Waals surface area contributed by atoms with Gasteiger partial charge in [0.1, 0.15) is 0 Å². The van der Waals surface area contributed by atoms with Gasteiger partial charge in [0.25, 0.3) is 0 Å². The van der Waals surface area contributed by atoms with E-state index in [1.54, 1.807) is 6.07 Å². The summed E-state index contributed by atoms with van der Waals surface area (Å²) in [4.78, 5) is 19.4. The molecule has 5 heteroatoms. The zero-order valence-electron chi connectivity index (χ0n) is 24.5. The molecule has 0 N–H and O–H groups in total. The molecular weight excluding hydrogens is 562 g/mol. The maximum Gasteiger partial charge on any atom is 0.189 e. The van der Waals surface area contributed by atoms with Gasteiger partial charge in [-0.2, -0.15) is 5.26 Å². The Hall–Kier alpha value is -6.69. The topological polar surface area (TPSA) is 66.8 Å². The van der Waals surface area contributed by atoms with Crippen LogP contribution in [0, 0.1) is 17.9 Å². The lowest BCUT2D eigenvalue weighted by atomic mass is 9.95. The third kappa shape index (κ3) is 4.61. The number of aromatic nitrogens is 3. The SMILES string of the molecule is [C-]#[N+]c1cc(C#N)cc(-c2cccc(-c3nc4ccccc4c4c3ccc3nc(-c5ccccc5)c(-c5ccccc5)nc34)c2)c1. The Morgan fingerprint density at radius 3 is 1.89 bits per heavy atom. The molecule has 0 saturated heterocycles. The van der Waals surface area contributed by atoms with Gasteiger partial charge in [-0.1, -0.05) is 97.1 Å². The van der Waals surface area contributed by atoms with Gasteiger partial charge >= 0.3 is 0 Å². The van der Waals surface area contributed by atoms with Crippen LogP contribution in [-0.4, -0.2) is 15.0 Å². The van der Waals surface area contributed by atoms with E-state index in [9.17, 15) is 5.26 Å². The van der Waals surface area contributed by atoms with Crippen LogP contribution in [0.4, 0.5) is 5.69 Å². The molecule has 5 nitrogen and oxygen atoms in total. The Balaban J connectivity index is 1.42. The number of benzene rings is 6. The average Bonchev–Trinajstić information content (AvgIpc) is 3.14. The van der Waals surface area contributed by atoms with E-state index in [-0.39, 0.29) is 0 Å². The number of nitrogens with zero attached hydrogens (tertiary/aromatic N) is 5. The fourth-order valence-electron chi connectivity index (χ4n) is 6.12. The molecule has 0 saturated carbocycles. The van der Waals surface area contributed by atoms with Gasteiger partial charge in [-0.3, -0.25) is 0 Å². The van der Waals surface area contributed by atoms with Crippen LogP contribution in [0.1, 0.15) is 5.56 Å². The van der Waals surface area contributed by atoms with Crippen molar-refractivity contribution in [3.05, 3.63) is 157 Å². The Bertz CT molecular complexity index is 2510. The van der Waals surface area contributed by atoms with E-state index in [1.165, 1.54) is 0 Å². The molecule has 0 amide bonds. The van der Waals surface area contributed by atoms with Crippen molar-refractivity contribution in [2.75, 3.05) is 0 Å². The van der Waals surface area contributed by atoms with Crippen molar-refractivity contribution in [1.82, 2.24) is 15.0 Å². The van der Waals surface area contributed by atoms with Gasteiger partial charge in [0.05, 0.1) is 46.3 Å². The molecule has 6 aromatic carbocycles. The average molecular weight is 586 g/mol. The molecule has 0 atom stereocenters. The second kappa shape index (κ2) is 11.1. The van der Waals surface area contributed by atoms with Crippen LogP contribution in [0.25, 0.3) is 82.5 Å². The molecular formula is C41H23N5. The smallest absolute Gasteiger partial charge is 0.189 e. The predicted octanol–water partition coefficient (Wildman–Crippen LogP) is 10.4. The predicted molar refractivity (Wildman–Crippen MR) is 185 cm³/mol. The van der Waals surface area contributed by atoms with E-state index >= 15 is 0 Å². The lowest BCUT2D eigenvalue weighted by Crippen LogP contribution is -1.98.